The summed E-state index contributed by atoms with van der Waals surface area (Å²) in [5.74, 6) is 0.623. The van der Waals surface area contributed by atoms with Crippen LogP contribution in [-0.4, -0.2) is 36.3 Å². The van der Waals surface area contributed by atoms with Crippen molar-refractivity contribution in [2.75, 3.05) is 19.6 Å². The number of rotatable bonds is 2. The maximum atomic E-state index is 12.3. The predicted molar refractivity (Wildman–Crippen MR) is 71.9 cm³/mol. The zero-order chi connectivity index (χ0) is 13.4. The van der Waals surface area contributed by atoms with Crippen LogP contribution >= 0.6 is 0 Å². The van der Waals surface area contributed by atoms with Gasteiger partial charge in [0.1, 0.15) is 0 Å². The van der Waals surface area contributed by atoms with Crippen LogP contribution in [0.15, 0.2) is 24.3 Å². The smallest absolute Gasteiger partial charge is 0.261 e. The molecule has 4 heteroatoms. The Morgan fingerprint density at radius 1 is 1.21 bits per heavy atom. The number of piperidine rings is 1. The van der Waals surface area contributed by atoms with Crippen LogP contribution in [0.5, 0.6) is 0 Å². The molecule has 0 aromatic heterocycles. The summed E-state index contributed by atoms with van der Waals surface area (Å²) in [4.78, 5) is 26.0. The summed E-state index contributed by atoms with van der Waals surface area (Å²) in [5, 5.41) is 3.34. The number of imide groups is 1. The van der Waals surface area contributed by atoms with Crippen molar-refractivity contribution in [3.05, 3.63) is 35.4 Å². The molecule has 2 atom stereocenters. The molecule has 0 spiro atoms. The number of carbonyl (C=O) groups excluding carboxylic acids is 2. The highest BCUT2D eigenvalue weighted by atomic mass is 16.2. The van der Waals surface area contributed by atoms with Crippen molar-refractivity contribution < 1.29 is 9.59 Å². The number of nitrogens with zero attached hydrogens (tertiary/aromatic N) is 1. The van der Waals surface area contributed by atoms with Gasteiger partial charge in [-0.25, -0.2) is 0 Å². The number of fused-ring (bicyclic) bond motifs is 1. The summed E-state index contributed by atoms with van der Waals surface area (Å²) >= 11 is 0. The molecule has 0 saturated carbocycles. The molecule has 4 nitrogen and oxygen atoms in total. The fraction of sp³-hybridized carbons (Fsp3) is 0.467. The summed E-state index contributed by atoms with van der Waals surface area (Å²) in [6.45, 7) is 4.64. The highest BCUT2D eigenvalue weighted by Gasteiger charge is 2.37. The third-order valence-corrected chi connectivity index (χ3v) is 4.28. The van der Waals surface area contributed by atoms with Gasteiger partial charge in [-0.3, -0.25) is 14.5 Å². The highest BCUT2D eigenvalue weighted by molar-refractivity contribution is 6.21. The molecule has 0 radical (unpaired) electrons. The van der Waals surface area contributed by atoms with Gasteiger partial charge >= 0.3 is 0 Å². The SMILES string of the molecule is CC1CCNCC1CN1C(=O)c2ccccc2C1=O. The van der Waals surface area contributed by atoms with E-state index in [2.05, 4.69) is 12.2 Å². The molecular formula is C15H18N2O2. The molecule has 1 N–H and O–H groups in total. The van der Waals surface area contributed by atoms with Gasteiger partial charge in [0.05, 0.1) is 11.1 Å². The summed E-state index contributed by atoms with van der Waals surface area (Å²) < 4.78 is 0. The second-order valence-electron chi connectivity index (χ2n) is 5.50. The van der Waals surface area contributed by atoms with Crippen LogP contribution in [-0.2, 0) is 0 Å². The number of carbonyl (C=O) groups is 2. The highest BCUT2D eigenvalue weighted by Crippen LogP contribution is 2.26. The number of benzene rings is 1. The van der Waals surface area contributed by atoms with Gasteiger partial charge in [0, 0.05) is 6.54 Å². The van der Waals surface area contributed by atoms with Gasteiger partial charge < -0.3 is 5.32 Å². The summed E-state index contributed by atoms with van der Waals surface area (Å²) in [6.07, 6.45) is 1.10. The van der Waals surface area contributed by atoms with Crippen molar-refractivity contribution in [1.82, 2.24) is 10.2 Å². The van der Waals surface area contributed by atoms with Crippen molar-refractivity contribution in [2.24, 2.45) is 11.8 Å². The zero-order valence-corrected chi connectivity index (χ0v) is 11.1. The first kappa shape index (κ1) is 12.4. The van der Waals surface area contributed by atoms with E-state index in [-0.39, 0.29) is 11.8 Å². The summed E-state index contributed by atoms with van der Waals surface area (Å²) in [7, 11) is 0. The second kappa shape index (κ2) is 4.78. The molecule has 2 aliphatic rings. The Kier molecular flexibility index (Phi) is 3.11. The van der Waals surface area contributed by atoms with Crippen molar-refractivity contribution in [1.29, 1.82) is 0 Å². The minimum Gasteiger partial charge on any atom is -0.316 e. The second-order valence-corrected chi connectivity index (χ2v) is 5.50. The van der Waals surface area contributed by atoms with Crippen molar-refractivity contribution in [3.8, 4) is 0 Å². The van der Waals surface area contributed by atoms with Crippen molar-refractivity contribution >= 4 is 11.8 Å². The maximum absolute atomic E-state index is 12.3. The topological polar surface area (TPSA) is 49.4 Å². The largest absolute Gasteiger partial charge is 0.316 e. The van der Waals surface area contributed by atoms with E-state index in [0.29, 0.717) is 29.5 Å². The Morgan fingerprint density at radius 3 is 2.42 bits per heavy atom. The first-order valence-corrected chi connectivity index (χ1v) is 6.84. The monoisotopic (exact) mass is 258 g/mol. The Morgan fingerprint density at radius 2 is 1.84 bits per heavy atom. The van der Waals surface area contributed by atoms with Crippen molar-refractivity contribution in [3.63, 3.8) is 0 Å². The maximum Gasteiger partial charge on any atom is 0.261 e. The Labute approximate surface area is 112 Å². The van der Waals surface area contributed by atoms with Crippen LogP contribution in [0.4, 0.5) is 0 Å². The van der Waals surface area contributed by atoms with Crippen molar-refractivity contribution in [2.45, 2.75) is 13.3 Å². The molecule has 2 heterocycles. The van der Waals surface area contributed by atoms with E-state index in [1.165, 1.54) is 4.90 Å². The van der Waals surface area contributed by atoms with Gasteiger partial charge in [0.15, 0.2) is 0 Å². The fourth-order valence-corrected chi connectivity index (χ4v) is 2.94. The van der Waals surface area contributed by atoms with Crippen LogP contribution in [0.25, 0.3) is 0 Å². The lowest BCUT2D eigenvalue weighted by atomic mass is 9.88. The lowest BCUT2D eigenvalue weighted by molar-refractivity contribution is 0.0601. The van der Waals surface area contributed by atoms with Crippen LogP contribution in [0.2, 0.25) is 0 Å². The number of hydrogen-bond donors (Lipinski definition) is 1. The minimum atomic E-state index is -0.140. The molecule has 0 bridgehead atoms. The Bertz CT molecular complexity index is 492. The molecule has 2 amide bonds. The number of hydrogen-bond acceptors (Lipinski definition) is 3. The third kappa shape index (κ3) is 2.06. The molecule has 2 aliphatic heterocycles. The zero-order valence-electron chi connectivity index (χ0n) is 11.1. The van der Waals surface area contributed by atoms with E-state index in [9.17, 15) is 9.59 Å². The van der Waals surface area contributed by atoms with E-state index in [1.54, 1.807) is 24.3 Å². The minimum absolute atomic E-state index is 0.140. The van der Waals surface area contributed by atoms with Crippen LogP contribution in [0.3, 0.4) is 0 Å². The van der Waals surface area contributed by atoms with Gasteiger partial charge in [-0.1, -0.05) is 19.1 Å². The normalized spacial score (nSPS) is 26.7. The number of amides is 2. The predicted octanol–water partition coefficient (Wildman–Crippen LogP) is 1.53. The molecule has 0 aliphatic carbocycles. The quantitative estimate of drug-likeness (QED) is 0.818. The molecule has 3 rings (SSSR count). The molecule has 100 valence electrons. The van der Waals surface area contributed by atoms with Gasteiger partial charge in [-0.15, -0.1) is 0 Å². The molecule has 1 aromatic rings. The third-order valence-electron chi connectivity index (χ3n) is 4.28. The summed E-state index contributed by atoms with van der Waals surface area (Å²) in [6, 6.07) is 7.08. The first-order valence-electron chi connectivity index (χ1n) is 6.84. The van der Waals surface area contributed by atoms with E-state index in [4.69, 9.17) is 0 Å². The van der Waals surface area contributed by atoms with E-state index in [0.717, 1.165) is 19.5 Å². The van der Waals surface area contributed by atoms with Crippen LogP contribution in [0, 0.1) is 11.8 Å². The van der Waals surface area contributed by atoms with Crippen LogP contribution in [0.1, 0.15) is 34.1 Å². The van der Waals surface area contributed by atoms with Gasteiger partial charge in [0.25, 0.3) is 11.8 Å². The lowest BCUT2D eigenvalue weighted by Crippen LogP contribution is -2.44. The van der Waals surface area contributed by atoms with Gasteiger partial charge in [0.2, 0.25) is 0 Å². The summed E-state index contributed by atoms with van der Waals surface area (Å²) in [5.41, 5.74) is 1.09. The average Bonchev–Trinajstić information content (AvgIpc) is 2.67. The van der Waals surface area contributed by atoms with Crippen LogP contribution < -0.4 is 5.32 Å². The standard InChI is InChI=1S/C15H18N2O2/c1-10-6-7-16-8-11(10)9-17-14(18)12-4-2-3-5-13(12)15(17)19/h2-5,10-11,16H,6-9H2,1H3. The molecule has 2 unspecified atom stereocenters. The molecule has 1 fully saturated rings. The first-order chi connectivity index (χ1) is 9.18. The molecule has 1 saturated heterocycles. The molecule has 19 heavy (non-hydrogen) atoms. The fourth-order valence-electron chi connectivity index (χ4n) is 2.94. The Balaban J connectivity index is 1.80. The molecular weight excluding hydrogens is 240 g/mol. The van der Waals surface area contributed by atoms with Gasteiger partial charge in [-0.05, 0) is 43.5 Å². The lowest BCUT2D eigenvalue weighted by Gasteiger charge is -2.31. The Hall–Kier alpha value is -1.68. The average molecular weight is 258 g/mol. The number of nitrogens with one attached hydrogen (secondary N) is 1. The van der Waals surface area contributed by atoms with E-state index < -0.39 is 0 Å². The molecule has 1 aromatic carbocycles. The van der Waals surface area contributed by atoms with E-state index in [1.807, 2.05) is 0 Å². The van der Waals surface area contributed by atoms with Gasteiger partial charge in [-0.2, -0.15) is 0 Å². The van der Waals surface area contributed by atoms with E-state index >= 15 is 0 Å².